The van der Waals surface area contributed by atoms with Gasteiger partial charge in [-0.3, -0.25) is 4.18 Å². The van der Waals surface area contributed by atoms with Crippen molar-refractivity contribution in [1.29, 1.82) is 0 Å². The minimum atomic E-state index is -4.11. The Morgan fingerprint density at radius 3 is 2.25 bits per heavy atom. The summed E-state index contributed by atoms with van der Waals surface area (Å²) in [5, 5.41) is 10.3. The van der Waals surface area contributed by atoms with Crippen molar-refractivity contribution in [2.45, 2.75) is 13.8 Å². The summed E-state index contributed by atoms with van der Waals surface area (Å²) in [5.41, 5.74) is -1.37. The molecule has 0 aliphatic rings. The lowest BCUT2D eigenvalue weighted by Gasteiger charge is -2.23. The fourth-order valence-corrected chi connectivity index (χ4v) is 0.846. The quantitative estimate of drug-likeness (QED) is 0.577. The molecular formula is C5H8ClO5S-. The van der Waals surface area contributed by atoms with Gasteiger partial charge in [-0.1, -0.05) is 13.8 Å². The van der Waals surface area contributed by atoms with Crippen LogP contribution in [0.5, 0.6) is 0 Å². The molecule has 12 heavy (non-hydrogen) atoms. The highest BCUT2D eigenvalue weighted by atomic mass is 35.7. The Bertz CT molecular complexity index is 268. The molecule has 0 aliphatic heterocycles. The van der Waals surface area contributed by atoms with Crippen LogP contribution in [0.1, 0.15) is 13.8 Å². The molecule has 0 saturated carbocycles. The molecule has 0 rings (SSSR count). The van der Waals surface area contributed by atoms with Gasteiger partial charge in [0.25, 0.3) is 0 Å². The van der Waals surface area contributed by atoms with Gasteiger partial charge in [-0.25, -0.2) is 0 Å². The molecule has 0 aromatic heterocycles. The minimum absolute atomic E-state index is 0.541. The maximum Gasteiger partial charge on any atom is 0.355 e. The first kappa shape index (κ1) is 11.7. The molecule has 72 valence electrons. The van der Waals surface area contributed by atoms with Crippen LogP contribution in [0.25, 0.3) is 0 Å². The van der Waals surface area contributed by atoms with Gasteiger partial charge in [-0.15, -0.1) is 0 Å². The van der Waals surface area contributed by atoms with Crippen molar-refractivity contribution in [3.05, 3.63) is 0 Å². The van der Waals surface area contributed by atoms with Crippen molar-refractivity contribution in [2.75, 3.05) is 6.61 Å². The van der Waals surface area contributed by atoms with Crippen molar-refractivity contribution in [2.24, 2.45) is 5.41 Å². The molecule has 0 aromatic carbocycles. The van der Waals surface area contributed by atoms with E-state index < -0.39 is 27.3 Å². The van der Waals surface area contributed by atoms with Crippen LogP contribution in [0.2, 0.25) is 0 Å². The van der Waals surface area contributed by atoms with Gasteiger partial charge in [-0.05, 0) is 0 Å². The van der Waals surface area contributed by atoms with E-state index in [4.69, 9.17) is 0 Å². The van der Waals surface area contributed by atoms with E-state index in [0.29, 0.717) is 0 Å². The highest BCUT2D eigenvalue weighted by Crippen LogP contribution is 2.16. The number of carboxylic acids is 1. The van der Waals surface area contributed by atoms with Gasteiger partial charge in [0, 0.05) is 22.1 Å². The molecule has 7 heteroatoms. The zero-order chi connectivity index (χ0) is 9.99. The summed E-state index contributed by atoms with van der Waals surface area (Å²) in [6, 6.07) is 0. The zero-order valence-electron chi connectivity index (χ0n) is 6.53. The van der Waals surface area contributed by atoms with Crippen molar-refractivity contribution in [1.82, 2.24) is 0 Å². The first-order valence-corrected chi connectivity index (χ1v) is 5.19. The lowest BCUT2D eigenvalue weighted by Crippen LogP contribution is -2.41. The number of halogens is 1. The smallest absolute Gasteiger partial charge is 0.355 e. The van der Waals surface area contributed by atoms with Crippen LogP contribution in [-0.4, -0.2) is 21.0 Å². The molecule has 0 aliphatic carbocycles. The van der Waals surface area contributed by atoms with Crippen molar-refractivity contribution >= 4 is 26.0 Å². The molecular weight excluding hydrogens is 208 g/mol. The number of carbonyl (C=O) groups is 1. The monoisotopic (exact) mass is 215 g/mol. The summed E-state index contributed by atoms with van der Waals surface area (Å²) in [7, 11) is 0.571. The van der Waals surface area contributed by atoms with Gasteiger partial charge in [-0.2, -0.15) is 8.42 Å². The summed E-state index contributed by atoms with van der Waals surface area (Å²) >= 11 is 0. The number of carboxylic acid groups (broad SMARTS) is 1. The molecule has 0 saturated heterocycles. The van der Waals surface area contributed by atoms with Crippen LogP contribution < -0.4 is 5.11 Å². The third-order valence-electron chi connectivity index (χ3n) is 1.11. The van der Waals surface area contributed by atoms with Crippen molar-refractivity contribution in [3.63, 3.8) is 0 Å². The average molecular weight is 216 g/mol. The van der Waals surface area contributed by atoms with Gasteiger partial charge in [0.05, 0.1) is 6.61 Å². The lowest BCUT2D eigenvalue weighted by atomic mass is 9.96. The van der Waals surface area contributed by atoms with Gasteiger partial charge in [0.15, 0.2) is 0 Å². The van der Waals surface area contributed by atoms with Crippen LogP contribution in [0.15, 0.2) is 0 Å². The van der Waals surface area contributed by atoms with Crippen LogP contribution in [0, 0.1) is 5.41 Å². The number of hydrogen-bond donors (Lipinski definition) is 0. The summed E-state index contributed by atoms with van der Waals surface area (Å²) in [6.45, 7) is 2.00. The Morgan fingerprint density at radius 2 is 2.00 bits per heavy atom. The summed E-state index contributed by atoms with van der Waals surface area (Å²) in [5.74, 6) is -1.40. The van der Waals surface area contributed by atoms with E-state index in [1.54, 1.807) is 0 Å². The molecule has 0 unspecified atom stereocenters. The fourth-order valence-electron chi connectivity index (χ4n) is 0.277. The Kier molecular flexibility index (Phi) is 3.49. The summed E-state index contributed by atoms with van der Waals surface area (Å²) in [6.07, 6.45) is 0. The molecule has 0 aromatic rings. The normalized spacial score (nSPS) is 12.9. The maximum absolute atomic E-state index is 10.3. The Balaban J connectivity index is 4.20. The molecule has 0 heterocycles. The maximum atomic E-state index is 10.3. The molecule has 0 N–H and O–H groups in total. The third-order valence-corrected chi connectivity index (χ3v) is 1.78. The predicted octanol–water partition coefficient (Wildman–Crippen LogP) is -0.737. The van der Waals surface area contributed by atoms with Gasteiger partial charge >= 0.3 is 9.33 Å². The predicted molar refractivity (Wildman–Crippen MR) is 39.5 cm³/mol. The lowest BCUT2D eigenvalue weighted by molar-refractivity contribution is -0.318. The summed E-state index contributed by atoms with van der Waals surface area (Å²) in [4.78, 5) is 10.3. The van der Waals surface area contributed by atoms with E-state index in [1.807, 2.05) is 0 Å². The number of rotatable bonds is 4. The molecule has 0 amide bonds. The highest BCUT2D eigenvalue weighted by molar-refractivity contribution is 8.09. The van der Waals surface area contributed by atoms with Crippen LogP contribution in [-0.2, 0) is 18.3 Å². The van der Waals surface area contributed by atoms with E-state index in [2.05, 4.69) is 14.9 Å². The molecule has 0 radical (unpaired) electrons. The van der Waals surface area contributed by atoms with Crippen LogP contribution >= 0.6 is 10.7 Å². The van der Waals surface area contributed by atoms with E-state index in [-0.39, 0.29) is 0 Å². The molecule has 0 atom stereocenters. The van der Waals surface area contributed by atoms with Crippen LogP contribution in [0.3, 0.4) is 0 Å². The largest absolute Gasteiger partial charge is 0.549 e. The molecule has 0 fully saturated rings. The van der Waals surface area contributed by atoms with Gasteiger partial charge < -0.3 is 9.90 Å². The van der Waals surface area contributed by atoms with Crippen molar-refractivity contribution in [3.8, 4) is 0 Å². The number of aliphatic carboxylic acids is 1. The molecule has 0 bridgehead atoms. The highest BCUT2D eigenvalue weighted by Gasteiger charge is 2.22. The third kappa shape index (κ3) is 4.53. The Labute approximate surface area is 74.9 Å². The van der Waals surface area contributed by atoms with Crippen molar-refractivity contribution < 1.29 is 22.5 Å². The second kappa shape index (κ2) is 3.59. The van der Waals surface area contributed by atoms with Gasteiger partial charge in [0.2, 0.25) is 0 Å². The first-order chi connectivity index (χ1) is 5.15. The van der Waals surface area contributed by atoms with E-state index in [1.165, 1.54) is 13.8 Å². The standard InChI is InChI=1S/C5H9ClO5S/c1-5(2,4(7)8)3-11-12(6,9)10/h3H2,1-2H3,(H,7,8)/p-1. The van der Waals surface area contributed by atoms with Crippen LogP contribution in [0.4, 0.5) is 0 Å². The SMILES string of the molecule is CC(C)(COS(=O)(=O)Cl)C(=O)[O-]. The number of hydrogen-bond acceptors (Lipinski definition) is 5. The zero-order valence-corrected chi connectivity index (χ0v) is 8.11. The van der Waals surface area contributed by atoms with Gasteiger partial charge in [0.1, 0.15) is 0 Å². The summed E-state index contributed by atoms with van der Waals surface area (Å²) < 4.78 is 24.5. The van der Waals surface area contributed by atoms with E-state index in [9.17, 15) is 18.3 Å². The number of carbonyl (C=O) groups excluding carboxylic acids is 1. The fraction of sp³-hybridized carbons (Fsp3) is 0.800. The average Bonchev–Trinajstić information content (AvgIpc) is 1.82. The topological polar surface area (TPSA) is 83.5 Å². The minimum Gasteiger partial charge on any atom is -0.549 e. The molecule has 0 spiro atoms. The Hall–Kier alpha value is -0.330. The first-order valence-electron chi connectivity index (χ1n) is 2.95. The van der Waals surface area contributed by atoms with E-state index in [0.717, 1.165) is 0 Å². The molecule has 5 nitrogen and oxygen atoms in total. The second-order valence-electron chi connectivity index (χ2n) is 2.83. The second-order valence-corrected chi connectivity index (χ2v) is 4.98. The van der Waals surface area contributed by atoms with E-state index >= 15 is 0 Å². The Morgan fingerprint density at radius 1 is 1.58 bits per heavy atom.